The second-order valence-electron chi connectivity index (χ2n) is 24.0. The van der Waals surface area contributed by atoms with Gasteiger partial charge in [-0.3, -0.25) is 52.7 Å². The Balaban J connectivity index is 4.08. The number of carbonyl (C=O) groups is 11. The molecule has 23 heteroatoms. The van der Waals surface area contributed by atoms with Crippen LogP contribution in [0.1, 0.15) is 143 Å². The summed E-state index contributed by atoms with van der Waals surface area (Å²) in [6, 6.07) is -12.0. The lowest BCUT2D eigenvalue weighted by atomic mass is 9.94. The van der Waals surface area contributed by atoms with Gasteiger partial charge in [0.1, 0.15) is 60.4 Å². The minimum atomic E-state index is -1.53. The molecule has 0 aromatic heterocycles. The quantitative estimate of drug-likeness (QED) is 0.170. The molecule has 0 saturated carbocycles. The lowest BCUT2D eigenvalue weighted by Crippen LogP contribution is -2.61. The van der Waals surface area contributed by atoms with Crippen molar-refractivity contribution in [2.24, 2.45) is 29.6 Å². The zero-order valence-electron chi connectivity index (χ0n) is 51.0. The Bertz CT molecular complexity index is 2130. The van der Waals surface area contributed by atoms with Crippen LogP contribution in [0, 0.1) is 29.6 Å². The highest BCUT2D eigenvalue weighted by Gasteiger charge is 2.44. The highest BCUT2D eigenvalue weighted by atomic mass is 16.3. The molecule has 6 N–H and O–H groups in total. The maximum atomic E-state index is 14.8. The molecule has 1 saturated heterocycles. The Morgan fingerprint density at radius 3 is 1.42 bits per heavy atom. The predicted octanol–water partition coefficient (Wildman–Crippen LogP) is 1.10. The van der Waals surface area contributed by atoms with Gasteiger partial charge >= 0.3 is 0 Å². The average Bonchev–Trinajstić information content (AvgIpc) is 3.33. The lowest BCUT2D eigenvalue weighted by Gasteiger charge is -2.41. The van der Waals surface area contributed by atoms with E-state index in [4.69, 9.17) is 0 Å². The van der Waals surface area contributed by atoms with Crippen LogP contribution in [0.4, 0.5) is 0 Å². The zero-order chi connectivity index (χ0) is 60.8. The van der Waals surface area contributed by atoms with Gasteiger partial charge in [-0.15, -0.1) is 0 Å². The van der Waals surface area contributed by atoms with Crippen molar-refractivity contribution in [1.82, 2.24) is 56.0 Å². The van der Waals surface area contributed by atoms with Gasteiger partial charge in [-0.05, 0) is 89.9 Å². The van der Waals surface area contributed by atoms with E-state index >= 15 is 0 Å². The SMILES string of the molecule is CCC1NC(=O)C(C)N(C)C(=O)C(C(C)C)N(C)C(=O)C(CC(C)C)N(C)C(=O)C(CC(C)(C)O)N(C)C(=O)C(C)NC(=O)C(C)NC(=O)C(CC(C)C)N(C)C(=O)C(C(C)C)NC(=O)C(CC(C)C)NC(=O)CN(C)C1=O. The van der Waals surface area contributed by atoms with Gasteiger partial charge in [-0.2, -0.15) is 0 Å². The van der Waals surface area contributed by atoms with E-state index in [0.29, 0.717) is 0 Å². The fourth-order valence-electron chi connectivity index (χ4n) is 9.36. The fraction of sp³-hybridized carbons (Fsp3) is 0.800. The molecule has 10 unspecified atom stereocenters. The molecule has 446 valence electrons. The first kappa shape index (κ1) is 70.1. The third-order valence-electron chi connectivity index (χ3n) is 14.2. The van der Waals surface area contributed by atoms with E-state index in [0.717, 1.165) is 9.80 Å². The molecule has 0 radical (unpaired) electrons. The molecule has 0 spiro atoms. The maximum Gasteiger partial charge on any atom is 0.246 e. The van der Waals surface area contributed by atoms with Crippen LogP contribution in [0.2, 0.25) is 0 Å². The summed E-state index contributed by atoms with van der Waals surface area (Å²) in [5.74, 6) is -8.94. The van der Waals surface area contributed by atoms with E-state index in [1.165, 1.54) is 96.5 Å². The first-order valence-corrected chi connectivity index (χ1v) is 27.5. The van der Waals surface area contributed by atoms with Crippen LogP contribution in [-0.2, 0) is 52.7 Å². The number of hydrogen-bond donors (Lipinski definition) is 6. The van der Waals surface area contributed by atoms with Crippen LogP contribution in [-0.4, -0.2) is 214 Å². The van der Waals surface area contributed by atoms with E-state index in [1.54, 1.807) is 34.6 Å². The molecule has 11 amide bonds. The average molecular weight is 1110 g/mol. The third kappa shape index (κ3) is 20.1. The first-order chi connectivity index (χ1) is 35.7. The van der Waals surface area contributed by atoms with Crippen LogP contribution in [0.3, 0.4) is 0 Å². The third-order valence-corrected chi connectivity index (χ3v) is 14.2. The van der Waals surface area contributed by atoms with Gasteiger partial charge in [0.05, 0.1) is 12.1 Å². The van der Waals surface area contributed by atoms with Crippen molar-refractivity contribution in [1.29, 1.82) is 0 Å². The van der Waals surface area contributed by atoms with Gasteiger partial charge in [0.2, 0.25) is 65.0 Å². The second kappa shape index (κ2) is 30.5. The smallest absolute Gasteiger partial charge is 0.246 e. The van der Waals surface area contributed by atoms with Crippen molar-refractivity contribution in [3.05, 3.63) is 0 Å². The summed E-state index contributed by atoms with van der Waals surface area (Å²) in [5, 5.41) is 24.6. The van der Waals surface area contributed by atoms with E-state index in [9.17, 15) is 57.8 Å². The predicted molar refractivity (Wildman–Crippen MR) is 296 cm³/mol. The normalized spacial score (nSPS) is 27.3. The van der Waals surface area contributed by atoms with Crippen LogP contribution in [0.5, 0.6) is 0 Å². The minimum absolute atomic E-state index is 0.0983. The molecule has 1 heterocycles. The lowest BCUT2D eigenvalue weighted by molar-refractivity contribution is -0.156. The van der Waals surface area contributed by atoms with Crippen LogP contribution < -0.4 is 26.6 Å². The Kier molecular flexibility index (Phi) is 27.4. The molecule has 0 aromatic carbocycles. The zero-order valence-corrected chi connectivity index (χ0v) is 51.0. The number of carbonyl (C=O) groups excluding carboxylic acids is 11. The Morgan fingerprint density at radius 1 is 0.474 bits per heavy atom. The summed E-state index contributed by atoms with van der Waals surface area (Å²) in [6.07, 6.45) is 0.233. The number of rotatable bonds is 11. The summed E-state index contributed by atoms with van der Waals surface area (Å²) in [4.78, 5) is 163. The largest absolute Gasteiger partial charge is 0.390 e. The number of nitrogens with zero attached hydrogens (tertiary/aromatic N) is 6. The topological polar surface area (TPSA) is 288 Å². The molecule has 1 aliphatic rings. The fourth-order valence-corrected chi connectivity index (χ4v) is 9.36. The van der Waals surface area contributed by atoms with Gasteiger partial charge in [-0.1, -0.05) is 76.2 Å². The van der Waals surface area contributed by atoms with Crippen molar-refractivity contribution in [2.45, 2.75) is 209 Å². The van der Waals surface area contributed by atoms with Crippen molar-refractivity contribution in [3.8, 4) is 0 Å². The van der Waals surface area contributed by atoms with Gasteiger partial charge in [0.15, 0.2) is 0 Å². The van der Waals surface area contributed by atoms with Crippen molar-refractivity contribution in [2.75, 3.05) is 48.8 Å². The summed E-state index contributed by atoms with van der Waals surface area (Å²) < 4.78 is 0. The number of nitrogens with one attached hydrogen (secondary N) is 5. The van der Waals surface area contributed by atoms with Gasteiger partial charge < -0.3 is 61.1 Å². The van der Waals surface area contributed by atoms with E-state index in [1.807, 2.05) is 41.5 Å². The monoisotopic (exact) mass is 1110 g/mol. The van der Waals surface area contributed by atoms with Crippen molar-refractivity contribution >= 4 is 65.0 Å². The maximum absolute atomic E-state index is 14.8. The van der Waals surface area contributed by atoms with E-state index < -0.39 is 149 Å². The van der Waals surface area contributed by atoms with Crippen molar-refractivity contribution < 1.29 is 57.8 Å². The number of likely N-dealkylation sites (N-methyl/N-ethyl adjacent to an activating group) is 6. The minimum Gasteiger partial charge on any atom is -0.390 e. The molecule has 0 aliphatic carbocycles. The Labute approximate surface area is 464 Å². The highest BCUT2D eigenvalue weighted by Crippen LogP contribution is 2.24. The molecule has 23 nitrogen and oxygen atoms in total. The number of aliphatic hydroxyl groups is 1. The molecular weight excluding hydrogens is 1010 g/mol. The summed E-state index contributed by atoms with van der Waals surface area (Å²) in [7, 11) is 8.35. The van der Waals surface area contributed by atoms with E-state index in [2.05, 4.69) is 26.6 Å². The molecule has 0 bridgehead atoms. The summed E-state index contributed by atoms with van der Waals surface area (Å²) in [6.45, 7) is 26.3. The summed E-state index contributed by atoms with van der Waals surface area (Å²) >= 11 is 0. The van der Waals surface area contributed by atoms with Gasteiger partial charge in [0.25, 0.3) is 0 Å². The summed E-state index contributed by atoms with van der Waals surface area (Å²) in [5.41, 5.74) is -1.53. The first-order valence-electron chi connectivity index (χ1n) is 27.5. The van der Waals surface area contributed by atoms with Crippen LogP contribution in [0.25, 0.3) is 0 Å². The Hall–Kier alpha value is -5.87. The molecule has 1 aliphatic heterocycles. The van der Waals surface area contributed by atoms with E-state index in [-0.39, 0.29) is 49.9 Å². The molecule has 10 atom stereocenters. The molecular formula is C55H99N11O12. The number of hydrogen-bond acceptors (Lipinski definition) is 12. The van der Waals surface area contributed by atoms with Gasteiger partial charge in [-0.25, -0.2) is 0 Å². The van der Waals surface area contributed by atoms with Gasteiger partial charge in [0, 0.05) is 48.7 Å². The molecule has 78 heavy (non-hydrogen) atoms. The standard InChI is InChI=1S/C55H99N11O12/c1-23-37-50(73)61(17)28-42(67)58-38(24-29(2)3)47(70)60-43(32(8)9)53(76)63(19)39(25-30(4)5)48(71)56-34(12)45(68)57-35(13)49(72)65(21)41(27-55(15,16)78)52(75)64(20)40(26-31(6)7)51(74)66(22)44(33(10)11)54(77)62(18)36(14)46(69)59-37/h29-41,43-44,78H,23-28H2,1-22H3,(H,56,71)(H,57,68)(H,58,67)(H,59,69)(H,60,70). The molecule has 0 aromatic rings. The number of amides is 11. The molecule has 1 fully saturated rings. The second-order valence-corrected chi connectivity index (χ2v) is 24.0. The highest BCUT2D eigenvalue weighted by molar-refractivity contribution is 5.99. The Morgan fingerprint density at radius 2 is 0.949 bits per heavy atom. The molecule has 1 rings (SSSR count). The van der Waals surface area contributed by atoms with Crippen LogP contribution >= 0.6 is 0 Å². The van der Waals surface area contributed by atoms with Crippen LogP contribution in [0.15, 0.2) is 0 Å². The van der Waals surface area contributed by atoms with Crippen molar-refractivity contribution in [3.63, 3.8) is 0 Å².